The number of carbonyl (C=O) groups is 1. The minimum atomic E-state index is -0.0112. The second kappa shape index (κ2) is 35.8. The first-order chi connectivity index (χ1) is 36.1. The lowest BCUT2D eigenvalue weighted by Gasteiger charge is -2.50. The SMILES string of the molecule is C=C1C[C@H](C)C[C@H](C)CC[C@@H](C)[C@H](C)C[C@H](C)C[C@@]2(C)C[C@@H](C[C@@H](C[C@@H]3C[C@H](C)[C@@H](C)[C@H](N(CCCN)CCCN)[C@@H]3C)/C=C/C=C/C=C/C=C/C=C/C=C/C=C/[C@H](C)[C@@H](C)[C@@H](C)[C@H](C)C1)[C@H](C(=O)NCCN)[C@@H](C)C2. The van der Waals surface area contributed by atoms with Gasteiger partial charge in [0.05, 0.1) is 0 Å². The van der Waals surface area contributed by atoms with Crippen molar-refractivity contribution in [3.8, 4) is 0 Å². The highest BCUT2D eigenvalue weighted by atomic mass is 16.1. The Hall–Kier alpha value is -2.77. The highest BCUT2D eigenvalue weighted by Crippen LogP contribution is 2.53. The summed E-state index contributed by atoms with van der Waals surface area (Å²) in [5.74, 6) is 9.34. The number of hydrogen-bond donors (Lipinski definition) is 4. The maximum atomic E-state index is 14.4. The van der Waals surface area contributed by atoms with Gasteiger partial charge in [-0.2, -0.15) is 0 Å². The smallest absolute Gasteiger partial charge is 0.223 e. The van der Waals surface area contributed by atoms with E-state index in [0.717, 1.165) is 83.5 Å². The van der Waals surface area contributed by atoms with Gasteiger partial charge in [0.25, 0.3) is 0 Å². The van der Waals surface area contributed by atoms with Gasteiger partial charge in [0.1, 0.15) is 0 Å². The number of rotatable bonds is 12. The first-order valence-corrected chi connectivity index (χ1v) is 31.6. The molecule has 0 saturated heterocycles. The van der Waals surface area contributed by atoms with Crippen LogP contribution in [-0.2, 0) is 4.79 Å². The Labute approximate surface area is 471 Å². The molecule has 76 heavy (non-hydrogen) atoms. The van der Waals surface area contributed by atoms with Gasteiger partial charge in [-0.25, -0.2) is 0 Å². The second-order valence-electron chi connectivity index (χ2n) is 27.2. The van der Waals surface area contributed by atoms with Crippen LogP contribution in [0, 0.1) is 106 Å². The van der Waals surface area contributed by atoms with E-state index in [1.807, 2.05) is 0 Å². The summed E-state index contributed by atoms with van der Waals surface area (Å²) in [6, 6.07) is 0.508. The van der Waals surface area contributed by atoms with Crippen LogP contribution in [-0.4, -0.2) is 56.1 Å². The Bertz CT molecular complexity index is 1830. The molecule has 0 aromatic carbocycles. The molecule has 6 nitrogen and oxygen atoms in total. The molecule has 6 heteroatoms. The molecule has 434 valence electrons. The standard InChI is InChI=1S/C70H123N5O/c1-50-32-33-54(5)56(7)43-53(4)47-70(15)48-59(10)67(69(76)74-37-36-73)66(49-70)46-64(45-65-44-58(9)62(13)68(63(65)14)75(38-28-34-71)39-29-35-72)31-27-25-23-21-19-17-16-18-20-22-24-26-30-55(6)60(11)61(12)57(8)42-52(3)41-51(2)40-50/h16-27,30-31,50-51,53-68H,3,28-29,32-49,71-73H2,1-2,4-15H3,(H,74,76)/b17-16+,20-18+,21-19+,24-22+,25-23+,30-26+,31-27+/t50-,51-,53+,54-,55+,56-,57-,58+,59+,60-,61+,62-,63-,64-,65+,66-,67-,68+,70-/m1/s1. The topological polar surface area (TPSA) is 110 Å². The largest absolute Gasteiger partial charge is 0.355 e. The van der Waals surface area contributed by atoms with Crippen LogP contribution in [0.4, 0.5) is 0 Å². The van der Waals surface area contributed by atoms with E-state index < -0.39 is 0 Å². The van der Waals surface area contributed by atoms with E-state index in [1.165, 1.54) is 44.1 Å². The van der Waals surface area contributed by atoms with Crippen molar-refractivity contribution in [1.29, 1.82) is 0 Å². The summed E-state index contributed by atoms with van der Waals surface area (Å²) in [5.41, 5.74) is 19.9. The average molecular weight is 1050 g/mol. The molecule has 3 aliphatic carbocycles. The first-order valence-electron chi connectivity index (χ1n) is 31.6. The number of nitrogens with two attached hydrogens (primary N) is 3. The van der Waals surface area contributed by atoms with Gasteiger partial charge in [-0.15, -0.1) is 0 Å². The zero-order valence-electron chi connectivity index (χ0n) is 51.9. The van der Waals surface area contributed by atoms with Crippen molar-refractivity contribution in [3.63, 3.8) is 0 Å². The van der Waals surface area contributed by atoms with E-state index in [2.05, 4.69) is 199 Å². The number of nitrogens with zero attached hydrogens (tertiary/aromatic N) is 1. The normalized spacial score (nSPS) is 40.8. The molecule has 7 N–H and O–H groups in total. The van der Waals surface area contributed by atoms with Gasteiger partial charge < -0.3 is 22.5 Å². The number of hydrogen-bond acceptors (Lipinski definition) is 5. The van der Waals surface area contributed by atoms with Crippen LogP contribution >= 0.6 is 0 Å². The van der Waals surface area contributed by atoms with E-state index in [4.69, 9.17) is 17.2 Å². The maximum absolute atomic E-state index is 14.4. The number of fused-ring (bicyclic) bond motifs is 2. The molecule has 0 heterocycles. The minimum absolute atomic E-state index is 0.0112. The van der Waals surface area contributed by atoms with Gasteiger partial charge in [-0.05, 0) is 203 Å². The van der Waals surface area contributed by atoms with Crippen LogP contribution in [0.15, 0.2) is 97.2 Å². The Morgan fingerprint density at radius 1 is 0.566 bits per heavy atom. The lowest BCUT2D eigenvalue weighted by atomic mass is 9.57. The fraction of sp³-hybridized carbons (Fsp3) is 0.757. The Morgan fingerprint density at radius 2 is 1.14 bits per heavy atom. The van der Waals surface area contributed by atoms with Crippen molar-refractivity contribution < 1.29 is 4.79 Å². The van der Waals surface area contributed by atoms with E-state index >= 15 is 0 Å². The molecule has 0 radical (unpaired) electrons. The zero-order valence-corrected chi connectivity index (χ0v) is 51.9. The van der Waals surface area contributed by atoms with Crippen LogP contribution in [0.25, 0.3) is 0 Å². The Morgan fingerprint density at radius 3 is 1.72 bits per heavy atom. The monoisotopic (exact) mass is 1050 g/mol. The van der Waals surface area contributed by atoms with Gasteiger partial charge in [-0.1, -0.05) is 207 Å². The summed E-state index contributed by atoms with van der Waals surface area (Å²) in [6.45, 7) is 43.9. The number of carbonyl (C=O) groups excluding carboxylic acids is 1. The minimum Gasteiger partial charge on any atom is -0.355 e. The quantitative estimate of drug-likeness (QED) is 0.146. The lowest BCUT2D eigenvalue weighted by molar-refractivity contribution is -0.132. The van der Waals surface area contributed by atoms with Gasteiger partial charge in [0.2, 0.25) is 5.91 Å². The summed E-state index contributed by atoms with van der Waals surface area (Å²) in [5, 5.41) is 3.30. The summed E-state index contributed by atoms with van der Waals surface area (Å²) >= 11 is 0. The van der Waals surface area contributed by atoms with Crippen molar-refractivity contribution in [3.05, 3.63) is 97.2 Å². The van der Waals surface area contributed by atoms with Crippen molar-refractivity contribution in [2.45, 2.75) is 193 Å². The number of allylic oxidation sites excluding steroid dienone is 15. The zero-order chi connectivity index (χ0) is 56.4. The molecule has 0 spiro atoms. The number of amides is 1. The molecule has 2 bridgehead atoms. The summed E-state index contributed by atoms with van der Waals surface area (Å²) < 4.78 is 0. The van der Waals surface area contributed by atoms with Gasteiger partial charge in [0.15, 0.2) is 0 Å². The van der Waals surface area contributed by atoms with Crippen molar-refractivity contribution in [1.82, 2.24) is 10.2 Å². The molecule has 0 aromatic heterocycles. The summed E-state index contributed by atoms with van der Waals surface area (Å²) in [7, 11) is 0. The molecule has 2 fully saturated rings. The Kier molecular flexibility index (Phi) is 31.8. The molecule has 3 rings (SSSR count). The molecule has 2 saturated carbocycles. The van der Waals surface area contributed by atoms with E-state index in [-0.39, 0.29) is 17.2 Å². The maximum Gasteiger partial charge on any atom is 0.223 e. The lowest BCUT2D eigenvalue weighted by Crippen LogP contribution is -2.52. The fourth-order valence-electron chi connectivity index (χ4n) is 15.4. The molecular formula is C70H123N5O. The summed E-state index contributed by atoms with van der Waals surface area (Å²) in [4.78, 5) is 17.1. The molecule has 0 aliphatic heterocycles. The van der Waals surface area contributed by atoms with Crippen LogP contribution in [0.2, 0.25) is 0 Å². The van der Waals surface area contributed by atoms with Crippen LogP contribution < -0.4 is 22.5 Å². The summed E-state index contributed by atoms with van der Waals surface area (Å²) in [6.07, 6.45) is 47.0. The fourth-order valence-corrected chi connectivity index (χ4v) is 15.4. The predicted molar refractivity (Wildman–Crippen MR) is 334 cm³/mol. The van der Waals surface area contributed by atoms with E-state index in [0.29, 0.717) is 108 Å². The Balaban J connectivity index is 2.00. The highest BCUT2D eigenvalue weighted by Gasteiger charge is 2.47. The van der Waals surface area contributed by atoms with Crippen LogP contribution in [0.3, 0.4) is 0 Å². The van der Waals surface area contributed by atoms with Gasteiger partial charge >= 0.3 is 0 Å². The third kappa shape index (κ3) is 23.5. The first kappa shape index (κ1) is 67.5. The highest BCUT2D eigenvalue weighted by molar-refractivity contribution is 5.79. The van der Waals surface area contributed by atoms with E-state index in [1.54, 1.807) is 0 Å². The van der Waals surface area contributed by atoms with Crippen LogP contribution in [0.5, 0.6) is 0 Å². The van der Waals surface area contributed by atoms with Crippen LogP contribution in [0.1, 0.15) is 187 Å². The third-order valence-electron chi connectivity index (χ3n) is 20.1. The van der Waals surface area contributed by atoms with Crippen molar-refractivity contribution in [2.24, 2.45) is 123 Å². The molecule has 0 aromatic rings. The van der Waals surface area contributed by atoms with Crippen molar-refractivity contribution >= 4 is 5.91 Å². The molecule has 0 unspecified atom stereocenters. The molecule has 3 aliphatic rings. The average Bonchev–Trinajstić information content (AvgIpc) is 3.35. The molecule has 1 amide bonds. The van der Waals surface area contributed by atoms with E-state index in [9.17, 15) is 4.79 Å². The van der Waals surface area contributed by atoms with Gasteiger partial charge in [0, 0.05) is 25.0 Å². The third-order valence-corrected chi connectivity index (χ3v) is 20.1. The van der Waals surface area contributed by atoms with Crippen molar-refractivity contribution in [2.75, 3.05) is 39.3 Å². The second-order valence-corrected chi connectivity index (χ2v) is 27.2. The number of nitrogens with one attached hydrogen (secondary N) is 1. The molecule has 19 atom stereocenters. The molecular weight excluding hydrogens is 927 g/mol. The predicted octanol–water partition coefficient (Wildman–Crippen LogP) is 16.3. The van der Waals surface area contributed by atoms with Gasteiger partial charge in [-0.3, -0.25) is 9.69 Å².